The second-order valence-corrected chi connectivity index (χ2v) is 7.03. The van der Waals surface area contributed by atoms with Crippen LogP contribution in [0.15, 0.2) is 57.2 Å². The van der Waals surface area contributed by atoms with Crippen LogP contribution >= 0.6 is 0 Å². The first kappa shape index (κ1) is 15.4. The van der Waals surface area contributed by atoms with Crippen molar-refractivity contribution in [3.05, 3.63) is 70.0 Å². The van der Waals surface area contributed by atoms with Crippen LogP contribution < -0.4 is 5.43 Å². The summed E-state index contributed by atoms with van der Waals surface area (Å²) in [7, 11) is -4.09. The minimum absolute atomic E-state index is 0.0650. The maximum Gasteiger partial charge on any atom is 0.211 e. The summed E-state index contributed by atoms with van der Waals surface area (Å²) in [5.74, 6) is -1.92. The van der Waals surface area contributed by atoms with E-state index in [0.29, 0.717) is 6.07 Å². The highest BCUT2D eigenvalue weighted by atomic mass is 32.2. The number of nitrogens with one attached hydrogen (secondary N) is 1. The topological polar surface area (TPSA) is 67.0 Å². The van der Waals surface area contributed by atoms with Gasteiger partial charge in [0.2, 0.25) is 15.3 Å². The van der Waals surface area contributed by atoms with Crippen molar-refractivity contribution in [3.63, 3.8) is 0 Å². The number of aromatic amines is 1. The zero-order valence-corrected chi connectivity index (χ0v) is 12.7. The van der Waals surface area contributed by atoms with E-state index >= 15 is 0 Å². The lowest BCUT2D eigenvalue weighted by atomic mass is 10.2. The highest BCUT2D eigenvalue weighted by Gasteiger charge is 2.23. The molecular weight excluding hydrogens is 324 g/mol. The minimum atomic E-state index is -4.09. The molecular formula is C16H11F2NO3S. The van der Waals surface area contributed by atoms with E-state index in [-0.39, 0.29) is 15.8 Å². The van der Waals surface area contributed by atoms with E-state index in [4.69, 9.17) is 0 Å². The van der Waals surface area contributed by atoms with Crippen molar-refractivity contribution >= 4 is 20.7 Å². The number of aromatic nitrogens is 1. The number of pyridine rings is 1. The fraction of sp³-hybridized carbons (Fsp3) is 0.0625. The van der Waals surface area contributed by atoms with Crippen molar-refractivity contribution in [1.29, 1.82) is 0 Å². The molecule has 0 unspecified atom stereocenters. The Morgan fingerprint density at radius 1 is 1.04 bits per heavy atom. The van der Waals surface area contributed by atoms with Crippen LogP contribution in [0.4, 0.5) is 8.78 Å². The molecule has 7 heteroatoms. The van der Waals surface area contributed by atoms with Gasteiger partial charge in [-0.25, -0.2) is 17.2 Å². The van der Waals surface area contributed by atoms with E-state index in [2.05, 4.69) is 4.98 Å². The van der Waals surface area contributed by atoms with Crippen molar-refractivity contribution in [1.82, 2.24) is 4.98 Å². The Hall–Kier alpha value is -2.54. The van der Waals surface area contributed by atoms with Gasteiger partial charge in [0.1, 0.15) is 16.5 Å². The van der Waals surface area contributed by atoms with Gasteiger partial charge < -0.3 is 4.98 Å². The van der Waals surface area contributed by atoms with Gasteiger partial charge in [0, 0.05) is 12.3 Å². The van der Waals surface area contributed by atoms with Gasteiger partial charge >= 0.3 is 0 Å². The number of benzene rings is 2. The summed E-state index contributed by atoms with van der Waals surface area (Å²) in [5.41, 5.74) is -0.322. The predicted octanol–water partition coefficient (Wildman–Crippen LogP) is 2.95. The molecule has 0 saturated heterocycles. The smallest absolute Gasteiger partial charge is 0.211 e. The molecule has 1 N–H and O–H groups in total. The van der Waals surface area contributed by atoms with Gasteiger partial charge in [-0.15, -0.1) is 0 Å². The fourth-order valence-corrected chi connectivity index (χ4v) is 3.60. The molecule has 4 nitrogen and oxygen atoms in total. The fourth-order valence-electron chi connectivity index (χ4n) is 2.28. The van der Waals surface area contributed by atoms with Gasteiger partial charge in [0.05, 0.1) is 15.8 Å². The molecule has 0 spiro atoms. The lowest BCUT2D eigenvalue weighted by Crippen LogP contribution is -2.16. The maximum atomic E-state index is 13.7. The Bertz CT molecular complexity index is 1070. The van der Waals surface area contributed by atoms with E-state index in [1.807, 2.05) is 0 Å². The second-order valence-electron chi connectivity index (χ2n) is 5.11. The van der Waals surface area contributed by atoms with Crippen molar-refractivity contribution in [2.75, 3.05) is 0 Å². The van der Waals surface area contributed by atoms with Crippen molar-refractivity contribution in [2.45, 2.75) is 16.7 Å². The Balaban J connectivity index is 2.30. The summed E-state index contributed by atoms with van der Waals surface area (Å²) in [5, 5.41) is -0.351. The average molecular weight is 335 g/mol. The van der Waals surface area contributed by atoms with E-state index < -0.39 is 31.8 Å². The molecule has 0 aliphatic carbocycles. The molecule has 1 heterocycles. The third kappa shape index (κ3) is 2.53. The molecule has 3 aromatic rings. The molecule has 0 atom stereocenters. The average Bonchev–Trinajstić information content (AvgIpc) is 2.48. The molecule has 0 radical (unpaired) electrons. The van der Waals surface area contributed by atoms with Crippen molar-refractivity contribution < 1.29 is 17.2 Å². The van der Waals surface area contributed by atoms with Gasteiger partial charge in [-0.2, -0.15) is 0 Å². The van der Waals surface area contributed by atoms with E-state index in [0.717, 1.165) is 17.8 Å². The quantitative estimate of drug-likeness (QED) is 0.783. The lowest BCUT2D eigenvalue weighted by Gasteiger charge is -2.06. The van der Waals surface area contributed by atoms with Crippen LogP contribution in [-0.4, -0.2) is 13.4 Å². The van der Waals surface area contributed by atoms with Gasteiger partial charge in [0.15, 0.2) is 0 Å². The summed E-state index contributed by atoms with van der Waals surface area (Å²) in [6.45, 7) is 1.80. The number of halogens is 2. The van der Waals surface area contributed by atoms with Crippen LogP contribution in [0.25, 0.3) is 10.9 Å². The summed E-state index contributed by atoms with van der Waals surface area (Å²) < 4.78 is 52.1. The van der Waals surface area contributed by atoms with Gasteiger partial charge in [-0.1, -0.05) is 17.7 Å². The first-order valence-electron chi connectivity index (χ1n) is 6.63. The number of sulfone groups is 1. The lowest BCUT2D eigenvalue weighted by molar-refractivity contribution is 0.587. The van der Waals surface area contributed by atoms with Crippen molar-refractivity contribution in [3.8, 4) is 0 Å². The second kappa shape index (κ2) is 5.27. The van der Waals surface area contributed by atoms with Gasteiger partial charge in [-0.3, -0.25) is 4.79 Å². The minimum Gasteiger partial charge on any atom is -0.357 e. The number of hydrogen-bond acceptors (Lipinski definition) is 3. The first-order chi connectivity index (χ1) is 10.8. The highest BCUT2D eigenvalue weighted by Crippen LogP contribution is 2.21. The number of hydrogen-bond donors (Lipinski definition) is 1. The number of rotatable bonds is 2. The maximum absolute atomic E-state index is 13.7. The Kier molecular flexibility index (Phi) is 3.52. The summed E-state index contributed by atoms with van der Waals surface area (Å²) in [4.78, 5) is 14.2. The molecule has 23 heavy (non-hydrogen) atoms. The van der Waals surface area contributed by atoms with Gasteiger partial charge in [-0.05, 0) is 25.1 Å². The highest BCUT2D eigenvalue weighted by molar-refractivity contribution is 7.91. The summed E-state index contributed by atoms with van der Waals surface area (Å²) in [6.07, 6.45) is 0.931. The first-order valence-corrected chi connectivity index (χ1v) is 8.11. The van der Waals surface area contributed by atoms with Crippen LogP contribution in [0.3, 0.4) is 0 Å². The van der Waals surface area contributed by atoms with Crippen LogP contribution in [0.5, 0.6) is 0 Å². The molecule has 0 aliphatic rings. The predicted molar refractivity (Wildman–Crippen MR) is 81.1 cm³/mol. The Morgan fingerprint density at radius 3 is 2.35 bits per heavy atom. The number of aryl methyl sites for hydroxylation is 1. The molecule has 118 valence electrons. The largest absolute Gasteiger partial charge is 0.357 e. The molecule has 0 bridgehead atoms. The van der Waals surface area contributed by atoms with E-state index in [1.165, 1.54) is 12.1 Å². The van der Waals surface area contributed by atoms with Crippen LogP contribution in [0, 0.1) is 18.6 Å². The standard InChI is InChI=1S/C16H11F2NO3S/c1-9-2-4-11(5-3-9)23(21,22)14-8-19-15-12(16(14)20)6-10(17)7-13(15)18/h2-8H,1H3,(H,19,20). The van der Waals surface area contributed by atoms with Crippen molar-refractivity contribution in [2.24, 2.45) is 0 Å². The molecule has 3 rings (SSSR count). The number of fused-ring (bicyclic) bond motifs is 1. The van der Waals surface area contributed by atoms with Crippen LogP contribution in [0.1, 0.15) is 5.56 Å². The molecule has 2 aromatic carbocycles. The molecule has 0 amide bonds. The zero-order chi connectivity index (χ0) is 16.8. The number of H-pyrrole nitrogens is 1. The Morgan fingerprint density at radius 2 is 1.70 bits per heavy atom. The molecule has 1 aromatic heterocycles. The molecule has 0 aliphatic heterocycles. The van der Waals surface area contributed by atoms with Crippen LogP contribution in [-0.2, 0) is 9.84 Å². The monoisotopic (exact) mass is 335 g/mol. The summed E-state index contributed by atoms with van der Waals surface area (Å²) >= 11 is 0. The van der Waals surface area contributed by atoms with Crippen LogP contribution in [0.2, 0.25) is 0 Å². The molecule has 0 fully saturated rings. The van der Waals surface area contributed by atoms with Gasteiger partial charge in [0.25, 0.3) is 0 Å². The Labute approximate surface area is 130 Å². The van der Waals surface area contributed by atoms with E-state index in [1.54, 1.807) is 19.1 Å². The molecule has 0 saturated carbocycles. The SMILES string of the molecule is Cc1ccc(S(=O)(=O)c2c[nH]c3c(F)cc(F)cc3c2=O)cc1. The zero-order valence-electron chi connectivity index (χ0n) is 11.9. The summed E-state index contributed by atoms with van der Waals surface area (Å²) in [6, 6.07) is 7.38. The normalized spacial score (nSPS) is 11.8. The third-order valence-corrected chi connectivity index (χ3v) is 5.27. The third-order valence-electron chi connectivity index (χ3n) is 3.49. The van der Waals surface area contributed by atoms with E-state index in [9.17, 15) is 22.0 Å².